The Kier molecular flexibility index (Phi) is 4.55. The molecule has 0 aliphatic rings. The Bertz CT molecular complexity index is 286. The molecule has 0 amide bonds. The van der Waals surface area contributed by atoms with Gasteiger partial charge in [-0.05, 0) is 12.1 Å². The highest BCUT2D eigenvalue weighted by Gasteiger charge is 1.88. The van der Waals surface area contributed by atoms with Crippen molar-refractivity contribution in [3.05, 3.63) is 36.7 Å². The van der Waals surface area contributed by atoms with Crippen LogP contribution in [-0.4, -0.2) is 9.97 Å². The first kappa shape index (κ1) is 11.1. The van der Waals surface area contributed by atoms with E-state index < -0.39 is 0 Å². The molecule has 0 radical (unpaired) electrons. The van der Waals surface area contributed by atoms with Crippen molar-refractivity contribution in [3.63, 3.8) is 0 Å². The number of benzene rings is 1. The molecule has 2 nitrogen and oxygen atoms in total. The third kappa shape index (κ3) is 2.06. The normalized spacial score (nSPS) is 8.33. The van der Waals surface area contributed by atoms with Gasteiger partial charge in [-0.15, -0.1) is 24.8 Å². The van der Waals surface area contributed by atoms with Gasteiger partial charge in [-0.3, -0.25) is 9.97 Å². The van der Waals surface area contributed by atoms with Gasteiger partial charge in [0.25, 0.3) is 0 Å². The molecular weight excluding hydrogens is 195 g/mol. The summed E-state index contributed by atoms with van der Waals surface area (Å²) in [5, 5.41) is 0. The zero-order chi connectivity index (χ0) is 6.81. The van der Waals surface area contributed by atoms with Crippen molar-refractivity contribution in [1.29, 1.82) is 0 Å². The Hall–Kier alpha value is -0.860. The molecule has 0 aliphatic carbocycles. The van der Waals surface area contributed by atoms with Crippen molar-refractivity contribution >= 4 is 35.8 Å². The molecule has 1 heterocycles. The van der Waals surface area contributed by atoms with E-state index in [4.69, 9.17) is 0 Å². The van der Waals surface area contributed by atoms with E-state index in [0.29, 0.717) is 0 Å². The van der Waals surface area contributed by atoms with Crippen LogP contribution in [0.2, 0.25) is 0 Å². The van der Waals surface area contributed by atoms with Gasteiger partial charge in [-0.1, -0.05) is 12.1 Å². The zero-order valence-electron chi connectivity index (χ0n) is 6.18. The number of fused-ring (bicyclic) bond motifs is 1. The second-order valence-corrected chi connectivity index (χ2v) is 2.05. The van der Waals surface area contributed by atoms with E-state index in [1.165, 1.54) is 0 Å². The van der Waals surface area contributed by atoms with Crippen molar-refractivity contribution in [1.82, 2.24) is 9.97 Å². The molecule has 1 aromatic heterocycles. The van der Waals surface area contributed by atoms with Gasteiger partial charge in [0.1, 0.15) is 0 Å². The van der Waals surface area contributed by atoms with Crippen LogP contribution >= 0.6 is 24.8 Å². The van der Waals surface area contributed by atoms with Crippen LogP contribution in [0, 0.1) is 0 Å². The zero-order valence-corrected chi connectivity index (χ0v) is 7.81. The summed E-state index contributed by atoms with van der Waals surface area (Å²) in [6, 6.07) is 7.80. The first-order valence-corrected chi connectivity index (χ1v) is 3.12. The van der Waals surface area contributed by atoms with Crippen LogP contribution in [0.4, 0.5) is 0 Å². The fraction of sp³-hybridized carbons (Fsp3) is 0. The largest absolute Gasteiger partial charge is 0.253 e. The van der Waals surface area contributed by atoms with E-state index in [0.717, 1.165) is 11.0 Å². The minimum Gasteiger partial charge on any atom is -0.253 e. The maximum absolute atomic E-state index is 4.12. The van der Waals surface area contributed by atoms with Gasteiger partial charge >= 0.3 is 0 Å². The summed E-state index contributed by atoms with van der Waals surface area (Å²) in [7, 11) is 0. The second kappa shape index (κ2) is 4.91. The Morgan fingerprint density at radius 1 is 0.750 bits per heavy atom. The number of hydrogen-bond acceptors (Lipinski definition) is 2. The van der Waals surface area contributed by atoms with Crippen molar-refractivity contribution in [2.24, 2.45) is 0 Å². The Balaban J connectivity index is 0.000000605. The molecule has 1 aromatic carbocycles. The predicted octanol–water partition coefficient (Wildman–Crippen LogP) is 2.47. The quantitative estimate of drug-likeness (QED) is 0.657. The molecule has 4 heteroatoms. The van der Waals surface area contributed by atoms with Gasteiger partial charge in [0.2, 0.25) is 0 Å². The third-order valence-electron chi connectivity index (χ3n) is 1.38. The van der Waals surface area contributed by atoms with Crippen molar-refractivity contribution in [2.45, 2.75) is 0 Å². The Morgan fingerprint density at radius 2 is 1.17 bits per heavy atom. The van der Waals surface area contributed by atoms with Crippen molar-refractivity contribution < 1.29 is 0 Å². The molecule has 0 aliphatic heterocycles. The summed E-state index contributed by atoms with van der Waals surface area (Å²) >= 11 is 0. The van der Waals surface area contributed by atoms with Crippen LogP contribution in [0.15, 0.2) is 36.7 Å². The average molecular weight is 203 g/mol. The summed E-state index contributed by atoms with van der Waals surface area (Å²) in [5.41, 5.74) is 1.90. The number of rotatable bonds is 0. The van der Waals surface area contributed by atoms with Crippen LogP contribution in [0.3, 0.4) is 0 Å². The maximum atomic E-state index is 4.12. The molecule has 0 saturated carbocycles. The van der Waals surface area contributed by atoms with Gasteiger partial charge in [0.05, 0.1) is 11.0 Å². The highest BCUT2D eigenvalue weighted by Crippen LogP contribution is 2.04. The van der Waals surface area contributed by atoms with Gasteiger partial charge in [-0.25, -0.2) is 0 Å². The van der Waals surface area contributed by atoms with E-state index in [9.17, 15) is 0 Å². The lowest BCUT2D eigenvalue weighted by atomic mass is 10.3. The lowest BCUT2D eigenvalue weighted by Gasteiger charge is -1.90. The SMILES string of the molecule is Cl.Cl.c1ccc2nccnc2c1. The second-order valence-electron chi connectivity index (χ2n) is 2.05. The Labute approximate surface area is 82.9 Å². The molecule has 0 saturated heterocycles. The number of aromatic nitrogens is 2. The molecule has 2 aromatic rings. The molecule has 0 unspecified atom stereocenters. The molecule has 12 heavy (non-hydrogen) atoms. The topological polar surface area (TPSA) is 25.8 Å². The number of nitrogens with zero attached hydrogens (tertiary/aromatic N) is 2. The lowest BCUT2D eigenvalue weighted by Crippen LogP contribution is -1.78. The number of halogens is 2. The van der Waals surface area contributed by atoms with Crippen LogP contribution in [0.25, 0.3) is 11.0 Å². The monoisotopic (exact) mass is 202 g/mol. The summed E-state index contributed by atoms with van der Waals surface area (Å²) < 4.78 is 0. The number of para-hydroxylation sites is 2. The predicted molar refractivity (Wildman–Crippen MR) is 54.0 cm³/mol. The van der Waals surface area contributed by atoms with E-state index in [1.807, 2.05) is 24.3 Å². The molecule has 64 valence electrons. The molecular formula is C8H8Cl2N2. The van der Waals surface area contributed by atoms with E-state index in [2.05, 4.69) is 9.97 Å². The first-order valence-electron chi connectivity index (χ1n) is 3.12. The molecule has 0 fully saturated rings. The maximum Gasteiger partial charge on any atom is 0.0886 e. The van der Waals surface area contributed by atoms with Crippen LogP contribution in [0.5, 0.6) is 0 Å². The minimum atomic E-state index is 0. The highest BCUT2D eigenvalue weighted by molar-refractivity contribution is 5.85. The summed E-state index contributed by atoms with van der Waals surface area (Å²) in [6.07, 6.45) is 3.39. The Morgan fingerprint density at radius 3 is 1.58 bits per heavy atom. The molecule has 0 bridgehead atoms. The van der Waals surface area contributed by atoms with Gasteiger partial charge in [0, 0.05) is 12.4 Å². The lowest BCUT2D eigenvalue weighted by molar-refractivity contribution is 1.29. The van der Waals surface area contributed by atoms with Crippen molar-refractivity contribution in [3.8, 4) is 0 Å². The van der Waals surface area contributed by atoms with Crippen LogP contribution in [0.1, 0.15) is 0 Å². The summed E-state index contributed by atoms with van der Waals surface area (Å²) in [6.45, 7) is 0. The third-order valence-corrected chi connectivity index (χ3v) is 1.38. The first-order chi connectivity index (χ1) is 4.97. The summed E-state index contributed by atoms with van der Waals surface area (Å²) in [5.74, 6) is 0. The molecule has 0 spiro atoms. The van der Waals surface area contributed by atoms with Gasteiger partial charge in [-0.2, -0.15) is 0 Å². The van der Waals surface area contributed by atoms with Gasteiger partial charge in [0.15, 0.2) is 0 Å². The van der Waals surface area contributed by atoms with E-state index in [1.54, 1.807) is 12.4 Å². The van der Waals surface area contributed by atoms with Crippen LogP contribution in [-0.2, 0) is 0 Å². The smallest absolute Gasteiger partial charge is 0.0886 e. The van der Waals surface area contributed by atoms with Crippen LogP contribution < -0.4 is 0 Å². The standard InChI is InChI=1S/C8H6N2.2ClH/c1-2-4-8-7(3-1)9-5-6-10-8;;/h1-6H;2*1H. The summed E-state index contributed by atoms with van der Waals surface area (Å²) in [4.78, 5) is 8.24. The van der Waals surface area contributed by atoms with E-state index in [-0.39, 0.29) is 24.8 Å². The molecule has 2 rings (SSSR count). The fourth-order valence-corrected chi connectivity index (χ4v) is 0.910. The van der Waals surface area contributed by atoms with E-state index >= 15 is 0 Å². The fourth-order valence-electron chi connectivity index (χ4n) is 0.910. The van der Waals surface area contributed by atoms with Gasteiger partial charge < -0.3 is 0 Å². The molecule has 0 N–H and O–H groups in total. The van der Waals surface area contributed by atoms with Crippen molar-refractivity contribution in [2.75, 3.05) is 0 Å². The minimum absolute atomic E-state index is 0. The number of hydrogen-bond donors (Lipinski definition) is 0. The highest BCUT2D eigenvalue weighted by atomic mass is 35.5. The molecule has 0 atom stereocenters. The average Bonchev–Trinajstić information content (AvgIpc) is 2.05.